The second kappa shape index (κ2) is 6.31. The van der Waals surface area contributed by atoms with Crippen LogP contribution in [0.3, 0.4) is 0 Å². The van der Waals surface area contributed by atoms with E-state index in [-0.39, 0.29) is 19.0 Å². The Balaban J connectivity index is 1.88. The highest BCUT2D eigenvalue weighted by molar-refractivity contribution is 7.88. The Morgan fingerprint density at radius 3 is 2.43 bits per heavy atom. The summed E-state index contributed by atoms with van der Waals surface area (Å²) in [6.45, 7) is 2.05. The lowest BCUT2D eigenvalue weighted by molar-refractivity contribution is -0.133. The fourth-order valence-electron chi connectivity index (χ4n) is 1.93. The van der Waals surface area contributed by atoms with Gasteiger partial charge in [0, 0.05) is 13.1 Å². The molecule has 0 saturated carbocycles. The fourth-order valence-corrected chi connectivity index (χ4v) is 2.40. The highest BCUT2D eigenvalue weighted by Gasteiger charge is 2.33. The molecule has 0 radical (unpaired) electrons. The maximum absolute atomic E-state index is 12.0. The molecule has 0 aromatic heterocycles. The molecular formula is C13H18N2O5S. The number of sulfonamides is 1. The summed E-state index contributed by atoms with van der Waals surface area (Å²) in [6.07, 6.45) is -0.132. The topological polar surface area (TPSA) is 93.7 Å². The number of rotatable bonds is 5. The van der Waals surface area contributed by atoms with Gasteiger partial charge in [0.2, 0.25) is 16.1 Å². The van der Waals surface area contributed by atoms with E-state index in [9.17, 15) is 13.2 Å². The molecule has 0 saturated heterocycles. The van der Waals surface area contributed by atoms with E-state index in [1.165, 1.54) is 0 Å². The number of nitrogens with one attached hydrogen (secondary N) is 2. The van der Waals surface area contributed by atoms with Gasteiger partial charge in [-0.15, -0.1) is 0 Å². The zero-order valence-corrected chi connectivity index (χ0v) is 12.6. The van der Waals surface area contributed by atoms with Crippen molar-refractivity contribution < 1.29 is 22.7 Å². The standard InChI is InChI=1S/C13H18N2O5S/c1-9-12(13(16)14-7-8-15-21(2,17)18)20-11-6-4-3-5-10(11)19-9/h3-6,9,12,15H,7-8H2,1-2H3,(H,14,16)/t9-,12+/m0/s1. The number of benzene rings is 1. The molecule has 2 rings (SSSR count). The minimum Gasteiger partial charge on any atom is -0.482 e. The largest absolute Gasteiger partial charge is 0.482 e. The third-order valence-electron chi connectivity index (χ3n) is 2.89. The molecule has 0 fully saturated rings. The lowest BCUT2D eigenvalue weighted by atomic mass is 10.1. The van der Waals surface area contributed by atoms with Gasteiger partial charge in [-0.2, -0.15) is 0 Å². The van der Waals surface area contributed by atoms with Gasteiger partial charge < -0.3 is 14.8 Å². The molecule has 1 amide bonds. The van der Waals surface area contributed by atoms with E-state index in [1.807, 2.05) is 6.07 Å². The molecule has 7 nitrogen and oxygen atoms in total. The van der Waals surface area contributed by atoms with Gasteiger partial charge in [0.15, 0.2) is 11.5 Å². The van der Waals surface area contributed by atoms with E-state index in [4.69, 9.17) is 9.47 Å². The van der Waals surface area contributed by atoms with Crippen LogP contribution in [0.4, 0.5) is 0 Å². The molecule has 0 unspecified atom stereocenters. The van der Waals surface area contributed by atoms with E-state index in [1.54, 1.807) is 25.1 Å². The Morgan fingerprint density at radius 2 is 1.81 bits per heavy atom. The van der Waals surface area contributed by atoms with Crippen LogP contribution >= 0.6 is 0 Å². The van der Waals surface area contributed by atoms with E-state index >= 15 is 0 Å². The molecule has 1 aliphatic rings. The zero-order chi connectivity index (χ0) is 15.5. The van der Waals surface area contributed by atoms with Crippen LogP contribution in [0, 0.1) is 0 Å². The first kappa shape index (κ1) is 15.6. The van der Waals surface area contributed by atoms with Gasteiger partial charge in [-0.1, -0.05) is 12.1 Å². The van der Waals surface area contributed by atoms with Crippen LogP contribution in [0.25, 0.3) is 0 Å². The number of amides is 1. The number of fused-ring (bicyclic) bond motifs is 1. The maximum atomic E-state index is 12.0. The molecule has 8 heteroatoms. The Morgan fingerprint density at radius 1 is 1.19 bits per heavy atom. The van der Waals surface area contributed by atoms with Crippen molar-refractivity contribution in [2.24, 2.45) is 0 Å². The summed E-state index contributed by atoms with van der Waals surface area (Å²) in [4.78, 5) is 12.0. The number of hydrogen-bond acceptors (Lipinski definition) is 5. The van der Waals surface area contributed by atoms with Gasteiger partial charge >= 0.3 is 0 Å². The average Bonchev–Trinajstić information content (AvgIpc) is 2.41. The van der Waals surface area contributed by atoms with Crippen molar-refractivity contribution in [1.29, 1.82) is 0 Å². The lowest BCUT2D eigenvalue weighted by Gasteiger charge is -2.31. The second-order valence-corrected chi connectivity index (χ2v) is 6.60. The average molecular weight is 314 g/mol. The van der Waals surface area contributed by atoms with Crippen LogP contribution in [0.15, 0.2) is 24.3 Å². The molecule has 1 aromatic carbocycles. The normalized spacial score (nSPS) is 20.9. The van der Waals surface area contributed by atoms with Crippen LogP contribution in [-0.2, 0) is 14.8 Å². The van der Waals surface area contributed by atoms with Crippen LogP contribution in [0.1, 0.15) is 6.92 Å². The molecule has 116 valence electrons. The summed E-state index contributed by atoms with van der Waals surface area (Å²) < 4.78 is 35.3. The van der Waals surface area contributed by atoms with Gasteiger partial charge in [-0.3, -0.25) is 4.79 Å². The second-order valence-electron chi connectivity index (χ2n) is 4.77. The molecule has 1 heterocycles. The molecule has 0 bridgehead atoms. The monoisotopic (exact) mass is 314 g/mol. The molecule has 1 aromatic rings. The molecule has 21 heavy (non-hydrogen) atoms. The first-order valence-corrected chi connectivity index (χ1v) is 8.40. The van der Waals surface area contributed by atoms with Gasteiger partial charge in [0.25, 0.3) is 5.91 Å². The summed E-state index contributed by atoms with van der Waals surface area (Å²) in [5, 5.41) is 2.62. The first-order chi connectivity index (χ1) is 9.87. The minimum atomic E-state index is -3.25. The van der Waals surface area contributed by atoms with Crippen LogP contribution < -0.4 is 19.5 Å². The number of hydrogen-bond donors (Lipinski definition) is 2. The molecule has 2 N–H and O–H groups in total. The van der Waals surface area contributed by atoms with Crippen LogP contribution in [-0.4, -0.2) is 45.9 Å². The summed E-state index contributed by atoms with van der Waals surface area (Å²) in [5.41, 5.74) is 0. The van der Waals surface area contributed by atoms with Crippen molar-refractivity contribution in [2.75, 3.05) is 19.3 Å². The van der Waals surface area contributed by atoms with Crippen molar-refractivity contribution in [3.63, 3.8) is 0 Å². The third-order valence-corrected chi connectivity index (χ3v) is 3.62. The number of para-hydroxylation sites is 2. The Labute approximate surface area is 123 Å². The molecular weight excluding hydrogens is 296 g/mol. The third kappa shape index (κ3) is 4.33. The summed E-state index contributed by atoms with van der Waals surface area (Å²) in [6, 6.07) is 7.12. The quantitative estimate of drug-likeness (QED) is 0.739. The summed E-state index contributed by atoms with van der Waals surface area (Å²) >= 11 is 0. The highest BCUT2D eigenvalue weighted by atomic mass is 32.2. The zero-order valence-electron chi connectivity index (χ0n) is 11.8. The Bertz CT molecular complexity index is 617. The molecule has 0 spiro atoms. The van der Waals surface area contributed by atoms with Crippen molar-refractivity contribution >= 4 is 15.9 Å². The van der Waals surface area contributed by atoms with Crippen LogP contribution in [0.2, 0.25) is 0 Å². The van der Waals surface area contributed by atoms with Crippen molar-refractivity contribution in [3.8, 4) is 11.5 Å². The van der Waals surface area contributed by atoms with E-state index < -0.39 is 22.2 Å². The maximum Gasteiger partial charge on any atom is 0.265 e. The Kier molecular flexibility index (Phi) is 4.69. The number of carbonyl (C=O) groups excluding carboxylic acids is 1. The van der Waals surface area contributed by atoms with Gasteiger partial charge in [-0.05, 0) is 19.1 Å². The molecule has 2 atom stereocenters. The van der Waals surface area contributed by atoms with Gasteiger partial charge in [-0.25, -0.2) is 13.1 Å². The van der Waals surface area contributed by atoms with Crippen molar-refractivity contribution in [2.45, 2.75) is 19.1 Å². The molecule has 0 aliphatic carbocycles. The van der Waals surface area contributed by atoms with Gasteiger partial charge in [0.1, 0.15) is 6.10 Å². The fraction of sp³-hybridized carbons (Fsp3) is 0.462. The van der Waals surface area contributed by atoms with E-state index in [2.05, 4.69) is 10.0 Å². The first-order valence-electron chi connectivity index (χ1n) is 6.51. The van der Waals surface area contributed by atoms with E-state index in [0.29, 0.717) is 11.5 Å². The number of carbonyl (C=O) groups is 1. The summed E-state index contributed by atoms with van der Waals surface area (Å²) in [5.74, 6) is 0.783. The minimum absolute atomic E-state index is 0.128. The predicted octanol–water partition coefficient (Wildman–Crippen LogP) is -0.120. The lowest BCUT2D eigenvalue weighted by Crippen LogP contribution is -2.50. The van der Waals surface area contributed by atoms with Crippen molar-refractivity contribution in [3.05, 3.63) is 24.3 Å². The molecule has 1 aliphatic heterocycles. The summed E-state index contributed by atoms with van der Waals surface area (Å²) in [7, 11) is -3.25. The smallest absolute Gasteiger partial charge is 0.265 e. The van der Waals surface area contributed by atoms with Crippen LogP contribution in [0.5, 0.6) is 11.5 Å². The SMILES string of the molecule is C[C@@H]1Oc2ccccc2O[C@H]1C(=O)NCCNS(C)(=O)=O. The Hall–Kier alpha value is -1.80. The van der Waals surface area contributed by atoms with E-state index in [0.717, 1.165) is 6.26 Å². The van der Waals surface area contributed by atoms with Crippen molar-refractivity contribution in [1.82, 2.24) is 10.0 Å². The van der Waals surface area contributed by atoms with Gasteiger partial charge in [0.05, 0.1) is 6.26 Å². The predicted molar refractivity (Wildman–Crippen MR) is 76.8 cm³/mol. The highest BCUT2D eigenvalue weighted by Crippen LogP contribution is 2.33. The number of ether oxygens (including phenoxy) is 2.